The summed E-state index contributed by atoms with van der Waals surface area (Å²) in [4.78, 5) is 24.1. The quantitative estimate of drug-likeness (QED) is 0.487. The predicted octanol–water partition coefficient (Wildman–Crippen LogP) is 3.27. The average Bonchev–Trinajstić information content (AvgIpc) is 2.83. The largest absolute Gasteiger partial charge is 0.466 e. The number of fused-ring (bicyclic) bond motifs is 2. The first-order valence-corrected chi connectivity index (χ1v) is 8.34. The van der Waals surface area contributed by atoms with Crippen molar-refractivity contribution in [1.29, 1.82) is 0 Å². The number of ether oxygens (including phenoxy) is 1. The number of rotatable bonds is 3. The molecule has 2 unspecified atom stereocenters. The Morgan fingerprint density at radius 2 is 2.13 bits per heavy atom. The minimum absolute atomic E-state index is 0.158. The molecule has 2 aliphatic rings. The molecule has 0 radical (unpaired) electrons. The molecule has 3 atom stereocenters. The van der Waals surface area contributed by atoms with Crippen molar-refractivity contribution in [3.63, 3.8) is 0 Å². The van der Waals surface area contributed by atoms with Crippen molar-refractivity contribution >= 4 is 5.97 Å². The molecule has 0 bridgehead atoms. The molecule has 5 nitrogen and oxygen atoms in total. The van der Waals surface area contributed by atoms with E-state index < -0.39 is 16.9 Å². The fraction of sp³-hybridized carbons (Fsp3) is 0.611. The van der Waals surface area contributed by atoms with Gasteiger partial charge in [0.25, 0.3) is 0 Å². The smallest absolute Gasteiger partial charge is 0.309 e. The van der Waals surface area contributed by atoms with E-state index in [1.54, 1.807) is 13.8 Å². The molecule has 0 amide bonds. The lowest BCUT2D eigenvalue weighted by atomic mass is 9.61. The number of esters is 1. The van der Waals surface area contributed by atoms with Gasteiger partial charge in [0.05, 0.1) is 17.9 Å². The first-order valence-electron chi connectivity index (χ1n) is 8.34. The van der Waals surface area contributed by atoms with Crippen molar-refractivity contribution in [1.82, 2.24) is 0 Å². The predicted molar refractivity (Wildman–Crippen MR) is 85.8 cm³/mol. The second kappa shape index (κ2) is 5.62. The molecule has 23 heavy (non-hydrogen) atoms. The summed E-state index contributed by atoms with van der Waals surface area (Å²) in [7, 11) is 0. The molecule has 1 spiro atoms. The lowest BCUT2D eigenvalue weighted by Gasteiger charge is -2.41. The molecule has 0 saturated heterocycles. The van der Waals surface area contributed by atoms with E-state index in [1.807, 2.05) is 18.2 Å². The van der Waals surface area contributed by atoms with Gasteiger partial charge in [-0.3, -0.25) is 14.9 Å². The van der Waals surface area contributed by atoms with E-state index in [0.29, 0.717) is 13.0 Å². The van der Waals surface area contributed by atoms with Gasteiger partial charge in [-0.1, -0.05) is 24.3 Å². The van der Waals surface area contributed by atoms with Crippen LogP contribution in [0.4, 0.5) is 0 Å². The first kappa shape index (κ1) is 16.0. The van der Waals surface area contributed by atoms with Crippen LogP contribution in [-0.4, -0.2) is 23.0 Å². The number of carbonyl (C=O) groups excluding carboxylic acids is 1. The Labute approximate surface area is 136 Å². The monoisotopic (exact) mass is 317 g/mol. The molecule has 2 aliphatic carbocycles. The van der Waals surface area contributed by atoms with Crippen molar-refractivity contribution in [2.24, 2.45) is 5.92 Å². The number of carbonyl (C=O) groups is 1. The van der Waals surface area contributed by atoms with Crippen molar-refractivity contribution < 1.29 is 14.5 Å². The number of nitro groups is 1. The van der Waals surface area contributed by atoms with Crippen LogP contribution in [0.1, 0.15) is 50.7 Å². The van der Waals surface area contributed by atoms with E-state index in [-0.39, 0.29) is 17.3 Å². The van der Waals surface area contributed by atoms with Crippen LogP contribution < -0.4 is 0 Å². The second-order valence-corrected chi connectivity index (χ2v) is 6.98. The van der Waals surface area contributed by atoms with Crippen LogP contribution >= 0.6 is 0 Å². The summed E-state index contributed by atoms with van der Waals surface area (Å²) in [5.41, 5.74) is 0.567. The highest BCUT2D eigenvalue weighted by atomic mass is 16.6. The van der Waals surface area contributed by atoms with E-state index >= 15 is 0 Å². The van der Waals surface area contributed by atoms with E-state index in [4.69, 9.17) is 4.74 Å². The van der Waals surface area contributed by atoms with E-state index in [0.717, 1.165) is 24.8 Å². The summed E-state index contributed by atoms with van der Waals surface area (Å²) >= 11 is 0. The summed E-state index contributed by atoms with van der Waals surface area (Å²) in [6, 6.07) is 8.02. The zero-order valence-corrected chi connectivity index (χ0v) is 13.7. The highest BCUT2D eigenvalue weighted by molar-refractivity contribution is 5.74. The van der Waals surface area contributed by atoms with Crippen LogP contribution in [0.2, 0.25) is 0 Å². The molecule has 0 aliphatic heterocycles. The Kier molecular flexibility index (Phi) is 3.90. The number of nitrogens with zero attached hydrogens (tertiary/aromatic N) is 1. The maximum Gasteiger partial charge on any atom is 0.309 e. The van der Waals surface area contributed by atoms with Crippen LogP contribution in [-0.2, 0) is 21.4 Å². The minimum Gasteiger partial charge on any atom is -0.466 e. The van der Waals surface area contributed by atoms with Crippen LogP contribution in [0.15, 0.2) is 24.3 Å². The molecule has 1 aromatic rings. The number of aryl methyl sites for hydroxylation is 1. The average molecular weight is 317 g/mol. The van der Waals surface area contributed by atoms with Crippen LogP contribution in [0.3, 0.4) is 0 Å². The van der Waals surface area contributed by atoms with Gasteiger partial charge in [0, 0.05) is 18.3 Å². The van der Waals surface area contributed by atoms with Gasteiger partial charge in [0.1, 0.15) is 0 Å². The zero-order chi connectivity index (χ0) is 16.7. The molecule has 0 N–H and O–H groups in total. The van der Waals surface area contributed by atoms with Gasteiger partial charge in [-0.15, -0.1) is 0 Å². The molecule has 5 heteroatoms. The van der Waals surface area contributed by atoms with Crippen LogP contribution in [0.5, 0.6) is 0 Å². The zero-order valence-electron chi connectivity index (χ0n) is 13.7. The van der Waals surface area contributed by atoms with Crippen LogP contribution in [0.25, 0.3) is 0 Å². The number of hydrogen-bond acceptors (Lipinski definition) is 4. The molecule has 0 aromatic heterocycles. The third kappa shape index (κ3) is 2.25. The van der Waals surface area contributed by atoms with E-state index in [2.05, 4.69) is 6.07 Å². The third-order valence-electron chi connectivity index (χ3n) is 5.88. The molecular formula is C18H23NO4. The standard InChI is InChI=1S/C18H23NO4/c1-3-23-16(20)14-11-17(2,19(21)22)18(12-14)10-6-8-13-7-4-5-9-15(13)18/h4-5,7,9,14H,3,6,8,10-12H2,1-2H3/t14?,17-,18?/m1/s1. The number of benzene rings is 1. The summed E-state index contributed by atoms with van der Waals surface area (Å²) in [6.45, 7) is 3.80. The topological polar surface area (TPSA) is 69.4 Å². The van der Waals surface area contributed by atoms with Gasteiger partial charge in [0.15, 0.2) is 0 Å². The van der Waals surface area contributed by atoms with Crippen LogP contribution in [0, 0.1) is 16.0 Å². The maximum atomic E-state index is 12.2. The SMILES string of the molecule is CCOC(=O)C1CC2(CCCc3ccccc32)[C@](C)([N+](=O)[O-])C1. The van der Waals surface area contributed by atoms with Gasteiger partial charge < -0.3 is 4.74 Å². The number of hydrogen-bond donors (Lipinski definition) is 0. The summed E-state index contributed by atoms with van der Waals surface area (Å²) in [5, 5.41) is 12.0. The summed E-state index contributed by atoms with van der Waals surface area (Å²) < 4.78 is 5.16. The van der Waals surface area contributed by atoms with Gasteiger partial charge in [-0.2, -0.15) is 0 Å². The maximum absolute atomic E-state index is 12.2. The van der Waals surface area contributed by atoms with Gasteiger partial charge >= 0.3 is 5.97 Å². The molecule has 1 aromatic carbocycles. The van der Waals surface area contributed by atoms with Gasteiger partial charge in [-0.05, 0) is 43.7 Å². The first-order chi connectivity index (χ1) is 10.9. The normalized spacial score (nSPS) is 32.5. The Hall–Kier alpha value is -1.91. The molecule has 1 fully saturated rings. The fourth-order valence-electron chi connectivity index (χ4n) is 4.76. The molecule has 3 rings (SSSR count). The lowest BCUT2D eigenvalue weighted by molar-refractivity contribution is -0.576. The van der Waals surface area contributed by atoms with Crippen molar-refractivity contribution in [3.05, 3.63) is 45.5 Å². The highest BCUT2D eigenvalue weighted by Crippen LogP contribution is 2.57. The van der Waals surface area contributed by atoms with E-state index in [1.165, 1.54) is 5.56 Å². The molecule has 124 valence electrons. The highest BCUT2D eigenvalue weighted by Gasteiger charge is 2.66. The van der Waals surface area contributed by atoms with Gasteiger partial charge in [0.2, 0.25) is 5.54 Å². The second-order valence-electron chi connectivity index (χ2n) is 6.98. The van der Waals surface area contributed by atoms with Gasteiger partial charge in [-0.25, -0.2) is 0 Å². The molecular weight excluding hydrogens is 294 g/mol. The van der Waals surface area contributed by atoms with Crippen molar-refractivity contribution in [3.8, 4) is 0 Å². The Balaban J connectivity index is 2.09. The van der Waals surface area contributed by atoms with E-state index in [9.17, 15) is 14.9 Å². The fourth-order valence-corrected chi connectivity index (χ4v) is 4.76. The Morgan fingerprint density at radius 3 is 2.83 bits per heavy atom. The molecule has 0 heterocycles. The van der Waals surface area contributed by atoms with Crippen molar-refractivity contribution in [2.45, 2.75) is 56.9 Å². The Bertz CT molecular complexity index is 644. The lowest BCUT2D eigenvalue weighted by Crippen LogP contribution is -2.52. The Morgan fingerprint density at radius 1 is 1.39 bits per heavy atom. The minimum atomic E-state index is -1.12. The summed E-state index contributed by atoms with van der Waals surface area (Å²) in [6.07, 6.45) is 3.41. The molecule has 1 saturated carbocycles. The summed E-state index contributed by atoms with van der Waals surface area (Å²) in [5.74, 6) is -0.683. The third-order valence-corrected chi connectivity index (χ3v) is 5.88. The van der Waals surface area contributed by atoms with Crippen molar-refractivity contribution in [2.75, 3.05) is 6.61 Å².